The predicted octanol–water partition coefficient (Wildman–Crippen LogP) is 7.22. The molecular formula is C42H36ClF7N8O3S. The number of alkyl halides is 5. The van der Waals surface area contributed by atoms with Crippen LogP contribution in [0.1, 0.15) is 71.2 Å². The fourth-order valence-electron chi connectivity index (χ4n) is 8.40. The number of benzene rings is 2. The molecule has 2 aromatic carbocycles. The molecule has 0 spiro atoms. The molecule has 1 N–H and O–H groups in total. The van der Waals surface area contributed by atoms with Crippen LogP contribution in [0.25, 0.3) is 22.0 Å². The van der Waals surface area contributed by atoms with E-state index in [4.69, 9.17) is 16.6 Å². The Labute approximate surface area is 354 Å². The zero-order valence-corrected chi connectivity index (χ0v) is 34.7. The summed E-state index contributed by atoms with van der Waals surface area (Å²) in [5.41, 5.74) is -2.82. The molecule has 324 valence electrons. The van der Waals surface area contributed by atoms with Gasteiger partial charge in [0.1, 0.15) is 47.8 Å². The second-order valence-electron chi connectivity index (χ2n) is 16.2. The van der Waals surface area contributed by atoms with Gasteiger partial charge in [-0.2, -0.15) is 37.2 Å². The third-order valence-corrected chi connectivity index (χ3v) is 12.1. The minimum absolute atomic E-state index is 0.0301. The Kier molecular flexibility index (Phi) is 10.7. The molecule has 5 atom stereocenters. The number of aromatic nitrogens is 8. The maximum Gasteiger partial charge on any atom is 0.435 e. The second-order valence-corrected chi connectivity index (χ2v) is 19.3. The van der Waals surface area contributed by atoms with Crippen molar-refractivity contribution in [3.05, 3.63) is 111 Å². The van der Waals surface area contributed by atoms with Gasteiger partial charge in [0, 0.05) is 59.7 Å². The number of hydrogen-bond donors (Lipinski definition) is 1. The normalized spacial score (nSPS) is 19.0. The van der Waals surface area contributed by atoms with Gasteiger partial charge in [0.15, 0.2) is 11.5 Å². The molecule has 0 bridgehead atoms. The van der Waals surface area contributed by atoms with Crippen LogP contribution in [0.15, 0.2) is 55.1 Å². The van der Waals surface area contributed by atoms with Gasteiger partial charge in [-0.25, -0.2) is 23.4 Å². The number of hydrogen-bond acceptors (Lipinski definition) is 8. The van der Waals surface area contributed by atoms with Gasteiger partial charge >= 0.3 is 6.18 Å². The highest BCUT2D eigenvalue weighted by Gasteiger charge is 2.68. The Hall–Kier alpha value is -5.58. The van der Waals surface area contributed by atoms with E-state index in [1.807, 2.05) is 0 Å². The number of ketones is 1. The molecule has 8 rings (SSSR count). The third kappa shape index (κ3) is 8.47. The first-order valence-corrected chi connectivity index (χ1v) is 21.7. The molecule has 0 amide bonds. The summed E-state index contributed by atoms with van der Waals surface area (Å²) in [7, 11) is -0.989. The van der Waals surface area contributed by atoms with E-state index >= 15 is 8.78 Å². The SMILES string of the molecule is C=S(C)(=O)Cc1nn(C)c2c(-c3ccc(C#CC(C)(O)Cn4cncn4)nc3[C@@H](CC(=O)Cn3nc(C(F)(F)F)c4c3C(F)(F)[C@@H]3C[C@H]43)Cc3cc(F)cc(F)c3)ccc(Cl)c12. The topological polar surface area (TPSA) is 134 Å². The molecule has 62 heavy (non-hydrogen) atoms. The Bertz CT molecular complexity index is 2930. The zero-order valence-electron chi connectivity index (χ0n) is 33.2. The fourth-order valence-corrected chi connectivity index (χ4v) is 9.44. The number of pyridine rings is 1. The van der Waals surface area contributed by atoms with Crippen molar-refractivity contribution in [1.82, 2.24) is 39.3 Å². The molecule has 4 heterocycles. The van der Waals surface area contributed by atoms with E-state index in [1.54, 1.807) is 25.2 Å². The summed E-state index contributed by atoms with van der Waals surface area (Å²) >= 11 is 6.73. The summed E-state index contributed by atoms with van der Waals surface area (Å²) in [4.78, 5) is 22.9. The van der Waals surface area contributed by atoms with E-state index in [0.29, 0.717) is 38.5 Å². The molecular weight excluding hydrogens is 865 g/mol. The Morgan fingerprint density at radius 3 is 2.48 bits per heavy atom. The van der Waals surface area contributed by atoms with E-state index in [1.165, 1.54) is 41.3 Å². The smallest absolute Gasteiger partial charge is 0.376 e. The van der Waals surface area contributed by atoms with Crippen LogP contribution < -0.4 is 0 Å². The van der Waals surface area contributed by atoms with E-state index in [0.717, 1.165) is 12.1 Å². The van der Waals surface area contributed by atoms with Crippen LogP contribution in [-0.4, -0.2) is 72.1 Å². The van der Waals surface area contributed by atoms with Gasteiger partial charge in [0.2, 0.25) is 0 Å². The monoisotopic (exact) mass is 900 g/mol. The first-order valence-electron chi connectivity index (χ1n) is 19.0. The van der Waals surface area contributed by atoms with Gasteiger partial charge in [0.25, 0.3) is 5.92 Å². The molecule has 0 aliphatic heterocycles. The number of rotatable bonds is 12. The minimum atomic E-state index is -5.06. The molecule has 0 radical (unpaired) electrons. The van der Waals surface area contributed by atoms with Crippen LogP contribution in [-0.2, 0) is 58.7 Å². The average Bonchev–Trinajstić information content (AvgIpc) is 3.36. The number of halogens is 8. The van der Waals surface area contributed by atoms with Crippen LogP contribution in [0, 0.1) is 29.4 Å². The van der Waals surface area contributed by atoms with E-state index in [9.17, 15) is 36.1 Å². The molecule has 1 fully saturated rings. The first-order chi connectivity index (χ1) is 29.0. The lowest BCUT2D eigenvalue weighted by molar-refractivity contribution is -0.142. The number of fused-ring (bicyclic) bond motifs is 4. The average molecular weight is 901 g/mol. The fraction of sp³-hybridized carbons (Fsp3) is 0.357. The second kappa shape index (κ2) is 15.3. The Balaban J connectivity index is 1.28. The van der Waals surface area contributed by atoms with Gasteiger partial charge in [-0.1, -0.05) is 23.6 Å². The van der Waals surface area contributed by atoms with Crippen molar-refractivity contribution in [2.75, 3.05) is 6.26 Å². The number of Topliss-reactive ketones (excluding diaryl/α,β-unsaturated/α-hetero) is 1. The highest BCUT2D eigenvalue weighted by molar-refractivity contribution is 7.98. The summed E-state index contributed by atoms with van der Waals surface area (Å²) in [6.07, 6.45) is -1.92. The van der Waals surface area contributed by atoms with Gasteiger partial charge in [-0.05, 0) is 82.9 Å². The Morgan fingerprint density at radius 1 is 1.11 bits per heavy atom. The number of aliphatic hydroxyl groups is 1. The third-order valence-electron chi connectivity index (χ3n) is 10.9. The summed E-state index contributed by atoms with van der Waals surface area (Å²) in [5.74, 6) is -0.554. The van der Waals surface area contributed by atoms with Crippen LogP contribution in [0.5, 0.6) is 0 Å². The Morgan fingerprint density at radius 2 is 1.82 bits per heavy atom. The van der Waals surface area contributed by atoms with E-state index < -0.39 is 92.3 Å². The van der Waals surface area contributed by atoms with Gasteiger partial charge in [-0.15, -0.1) is 0 Å². The van der Waals surface area contributed by atoms with Crippen molar-refractivity contribution in [3.8, 4) is 23.0 Å². The van der Waals surface area contributed by atoms with E-state index in [2.05, 4.69) is 38.0 Å². The molecule has 1 saturated carbocycles. The van der Waals surface area contributed by atoms with Crippen LogP contribution in [0.3, 0.4) is 0 Å². The zero-order chi connectivity index (χ0) is 44.7. The summed E-state index contributed by atoms with van der Waals surface area (Å²) < 4.78 is 119. The summed E-state index contributed by atoms with van der Waals surface area (Å²) in [5, 5.41) is 23.9. The highest BCUT2D eigenvalue weighted by Crippen LogP contribution is 2.68. The highest BCUT2D eigenvalue weighted by atomic mass is 35.5. The van der Waals surface area contributed by atoms with Crippen molar-refractivity contribution >= 4 is 43.7 Å². The van der Waals surface area contributed by atoms with Crippen molar-refractivity contribution in [3.63, 3.8) is 0 Å². The van der Waals surface area contributed by atoms with Crippen LogP contribution in [0.4, 0.5) is 30.7 Å². The minimum Gasteiger partial charge on any atom is -0.376 e. The molecule has 2 aliphatic carbocycles. The predicted molar refractivity (Wildman–Crippen MR) is 216 cm³/mol. The largest absolute Gasteiger partial charge is 0.435 e. The van der Waals surface area contributed by atoms with Crippen molar-refractivity contribution in [2.24, 2.45) is 13.0 Å². The number of nitrogens with zero attached hydrogens (tertiary/aromatic N) is 8. The molecule has 2 aliphatic rings. The molecule has 6 aromatic rings. The van der Waals surface area contributed by atoms with Crippen molar-refractivity contribution < 1.29 is 44.8 Å². The van der Waals surface area contributed by atoms with E-state index in [-0.39, 0.29) is 47.1 Å². The number of aryl methyl sites for hydroxylation is 1. The lowest BCUT2D eigenvalue weighted by Crippen LogP contribution is -2.28. The van der Waals surface area contributed by atoms with Crippen LogP contribution >= 0.6 is 11.6 Å². The summed E-state index contributed by atoms with van der Waals surface area (Å²) in [6.45, 7) is 0.383. The van der Waals surface area contributed by atoms with Crippen LogP contribution in [0.2, 0.25) is 5.02 Å². The molecule has 2 unspecified atom stereocenters. The molecule has 4 aromatic heterocycles. The quantitative estimate of drug-likeness (QED) is 0.0774. The molecule has 11 nitrogen and oxygen atoms in total. The maximum absolute atomic E-state index is 15.5. The first kappa shape index (κ1) is 43.1. The van der Waals surface area contributed by atoms with Crippen molar-refractivity contribution in [1.29, 1.82) is 0 Å². The van der Waals surface area contributed by atoms with Gasteiger partial charge in [0.05, 0.1) is 34.2 Å². The lowest BCUT2D eigenvalue weighted by atomic mass is 9.86. The molecule has 0 saturated heterocycles. The maximum atomic E-state index is 15.5. The van der Waals surface area contributed by atoms with Gasteiger partial charge in [-0.3, -0.25) is 18.4 Å². The van der Waals surface area contributed by atoms with Crippen molar-refractivity contribution in [2.45, 2.75) is 74.6 Å². The van der Waals surface area contributed by atoms with Gasteiger partial charge < -0.3 is 5.11 Å². The number of carbonyl (C=O) groups is 1. The summed E-state index contributed by atoms with van der Waals surface area (Å²) in [6, 6.07) is 9.12. The standard InChI is InChI=1S/C42H36ClF7N8O3S/c1-40(60,19-57-21-51-20-52-57)10-9-26-5-6-28(29-7-8-32(43)35-33(18-62(3,4)61)54-56(2)37(29)35)36(53-26)23(11-22-12-24(44)15-25(45)13-22)14-27(59)17-58-39-34(38(55-58)42(48,49)50)30-16-31(30)41(39,46)47/h5-8,12-13,15,20-21,23,30-31,60H,3,11,14,16-19H2,1-2,4H3/t23-,30+,31-,40?,62?/m1/s1. The molecule has 20 heteroatoms. The number of carbonyl (C=O) groups excluding carboxylic acids is 1. The lowest BCUT2D eigenvalue weighted by Gasteiger charge is -2.22.